The molecule has 100 valence electrons. The molecule has 1 fully saturated rings. The van der Waals surface area contributed by atoms with Crippen LogP contribution < -0.4 is 4.90 Å². The number of methoxy groups -OCH3 is 1. The highest BCUT2D eigenvalue weighted by Crippen LogP contribution is 2.39. The molecule has 0 aromatic carbocycles. The van der Waals surface area contributed by atoms with Crippen LogP contribution in [0.25, 0.3) is 0 Å². The number of anilines is 1. The maximum atomic E-state index is 11.1. The van der Waals surface area contributed by atoms with E-state index in [0.717, 1.165) is 23.5 Å². The molecule has 0 spiro atoms. The Morgan fingerprint density at radius 1 is 1.67 bits per heavy atom. The van der Waals surface area contributed by atoms with E-state index in [4.69, 9.17) is 9.84 Å². The van der Waals surface area contributed by atoms with Crippen molar-refractivity contribution in [1.29, 1.82) is 0 Å². The number of rotatable bonds is 6. The van der Waals surface area contributed by atoms with Crippen LogP contribution in [0.5, 0.6) is 0 Å². The van der Waals surface area contributed by atoms with Gasteiger partial charge in [0.15, 0.2) is 5.13 Å². The van der Waals surface area contributed by atoms with E-state index in [2.05, 4.69) is 11.9 Å². The van der Waals surface area contributed by atoms with Crippen molar-refractivity contribution < 1.29 is 14.6 Å². The van der Waals surface area contributed by atoms with Gasteiger partial charge in [-0.25, -0.2) is 9.78 Å². The molecule has 6 heteroatoms. The van der Waals surface area contributed by atoms with Crippen LogP contribution in [0.4, 0.5) is 5.13 Å². The number of thiazole rings is 1. The van der Waals surface area contributed by atoms with Gasteiger partial charge in [-0.3, -0.25) is 0 Å². The van der Waals surface area contributed by atoms with Crippen molar-refractivity contribution in [3.05, 3.63) is 10.6 Å². The Morgan fingerprint density at radius 2 is 2.33 bits per heavy atom. The number of carboxylic acid groups (broad SMARTS) is 1. The van der Waals surface area contributed by atoms with Crippen molar-refractivity contribution in [1.82, 2.24) is 4.98 Å². The van der Waals surface area contributed by atoms with E-state index in [1.165, 1.54) is 17.8 Å². The van der Waals surface area contributed by atoms with E-state index in [1.54, 1.807) is 7.11 Å². The zero-order valence-electron chi connectivity index (χ0n) is 10.8. The number of carboxylic acids is 1. The number of carbonyl (C=O) groups is 1. The first-order chi connectivity index (χ1) is 8.52. The summed E-state index contributed by atoms with van der Waals surface area (Å²) in [5, 5.41) is 9.88. The minimum Gasteiger partial charge on any atom is -0.477 e. The first-order valence-electron chi connectivity index (χ1n) is 5.96. The Balaban J connectivity index is 2.12. The maximum absolute atomic E-state index is 11.1. The van der Waals surface area contributed by atoms with E-state index in [0.29, 0.717) is 5.69 Å². The minimum absolute atomic E-state index is 0.242. The Bertz CT molecular complexity index is 447. The molecule has 1 aromatic heterocycles. The lowest BCUT2D eigenvalue weighted by atomic mass is 10.3. The molecule has 1 aromatic rings. The Morgan fingerprint density at radius 3 is 2.83 bits per heavy atom. The summed E-state index contributed by atoms with van der Waals surface area (Å²) in [7, 11) is 3.51. The fourth-order valence-electron chi connectivity index (χ4n) is 1.99. The summed E-state index contributed by atoms with van der Waals surface area (Å²) in [6, 6.07) is 0. The molecule has 0 aliphatic heterocycles. The number of nitrogens with zero attached hydrogens (tertiary/aromatic N) is 2. The zero-order chi connectivity index (χ0) is 13.3. The van der Waals surface area contributed by atoms with Crippen LogP contribution in [-0.4, -0.2) is 36.8 Å². The lowest BCUT2D eigenvalue weighted by Gasteiger charge is -2.14. The average Bonchev–Trinajstić information content (AvgIpc) is 2.83. The van der Waals surface area contributed by atoms with Crippen molar-refractivity contribution in [3.8, 4) is 0 Å². The largest absolute Gasteiger partial charge is 0.477 e. The highest BCUT2D eigenvalue weighted by atomic mass is 32.1. The van der Waals surface area contributed by atoms with Gasteiger partial charge in [-0.15, -0.1) is 0 Å². The molecule has 5 nitrogen and oxygen atoms in total. The standard InChI is InChI=1S/C12H18N2O3S/c1-7-4-8(7)5-14(2)12-13-9(6-17-3)10(18-12)11(15)16/h7-8H,4-6H2,1-3H3,(H,15,16). The van der Waals surface area contributed by atoms with E-state index in [9.17, 15) is 4.79 Å². The third kappa shape index (κ3) is 2.81. The molecular formula is C12H18N2O3S. The third-order valence-electron chi connectivity index (χ3n) is 3.27. The molecular weight excluding hydrogens is 252 g/mol. The van der Waals surface area contributed by atoms with Crippen LogP contribution in [0.15, 0.2) is 0 Å². The first-order valence-corrected chi connectivity index (χ1v) is 6.77. The summed E-state index contributed by atoms with van der Waals surface area (Å²) in [6.07, 6.45) is 1.26. The SMILES string of the molecule is COCc1nc(N(C)CC2CC2C)sc1C(=O)O. The number of aromatic carboxylic acids is 1. The quantitative estimate of drug-likeness (QED) is 0.857. The van der Waals surface area contributed by atoms with Gasteiger partial charge >= 0.3 is 5.97 Å². The summed E-state index contributed by atoms with van der Waals surface area (Å²) in [6.45, 7) is 3.42. The smallest absolute Gasteiger partial charge is 0.347 e. The van der Waals surface area contributed by atoms with Gasteiger partial charge in [0.1, 0.15) is 4.88 Å². The van der Waals surface area contributed by atoms with Crippen molar-refractivity contribution in [2.24, 2.45) is 11.8 Å². The molecule has 2 rings (SSSR count). The van der Waals surface area contributed by atoms with Gasteiger partial charge in [-0.1, -0.05) is 18.3 Å². The Labute approximate surface area is 110 Å². The second-order valence-electron chi connectivity index (χ2n) is 4.86. The number of ether oxygens (including phenoxy) is 1. The van der Waals surface area contributed by atoms with E-state index >= 15 is 0 Å². The topological polar surface area (TPSA) is 62.7 Å². The first kappa shape index (κ1) is 13.3. The fourth-order valence-corrected chi connectivity index (χ4v) is 2.87. The van der Waals surface area contributed by atoms with Crippen LogP contribution >= 0.6 is 11.3 Å². The molecule has 0 saturated heterocycles. The number of hydrogen-bond acceptors (Lipinski definition) is 5. The number of aromatic nitrogens is 1. The van der Waals surface area contributed by atoms with Crippen LogP contribution in [0, 0.1) is 11.8 Å². The Kier molecular flexibility index (Phi) is 3.87. The van der Waals surface area contributed by atoms with Gasteiger partial charge in [0.25, 0.3) is 0 Å². The fraction of sp³-hybridized carbons (Fsp3) is 0.667. The van der Waals surface area contributed by atoms with Gasteiger partial charge < -0.3 is 14.7 Å². The van der Waals surface area contributed by atoms with Crippen LogP contribution in [0.2, 0.25) is 0 Å². The van der Waals surface area contributed by atoms with Crippen LogP contribution in [0.3, 0.4) is 0 Å². The van der Waals surface area contributed by atoms with Crippen molar-refractivity contribution in [2.45, 2.75) is 20.0 Å². The molecule has 0 amide bonds. The molecule has 1 aliphatic rings. The molecule has 1 saturated carbocycles. The van der Waals surface area contributed by atoms with Crippen LogP contribution in [0.1, 0.15) is 28.7 Å². The molecule has 1 N–H and O–H groups in total. The molecule has 18 heavy (non-hydrogen) atoms. The Hall–Kier alpha value is -1.14. The number of hydrogen-bond donors (Lipinski definition) is 1. The third-order valence-corrected chi connectivity index (χ3v) is 4.47. The average molecular weight is 270 g/mol. The maximum Gasteiger partial charge on any atom is 0.347 e. The lowest BCUT2D eigenvalue weighted by Crippen LogP contribution is -2.20. The summed E-state index contributed by atoms with van der Waals surface area (Å²) in [5.41, 5.74) is 0.515. The van der Waals surface area contributed by atoms with Gasteiger partial charge in [0, 0.05) is 20.7 Å². The lowest BCUT2D eigenvalue weighted by molar-refractivity contribution is 0.0697. The highest BCUT2D eigenvalue weighted by molar-refractivity contribution is 7.17. The van der Waals surface area contributed by atoms with Crippen LogP contribution in [-0.2, 0) is 11.3 Å². The van der Waals surface area contributed by atoms with Crippen molar-refractivity contribution in [2.75, 3.05) is 25.6 Å². The summed E-state index contributed by atoms with van der Waals surface area (Å²) >= 11 is 1.22. The predicted molar refractivity (Wildman–Crippen MR) is 70.3 cm³/mol. The normalized spacial score (nSPS) is 21.9. The monoisotopic (exact) mass is 270 g/mol. The summed E-state index contributed by atoms with van der Waals surface area (Å²) < 4.78 is 4.98. The second kappa shape index (κ2) is 5.24. The molecule has 0 bridgehead atoms. The second-order valence-corrected chi connectivity index (χ2v) is 5.84. The van der Waals surface area contributed by atoms with Gasteiger partial charge in [0.05, 0.1) is 12.3 Å². The predicted octanol–water partition coefficient (Wildman–Crippen LogP) is 2.08. The highest BCUT2D eigenvalue weighted by Gasteiger charge is 2.34. The molecule has 2 unspecified atom stereocenters. The van der Waals surface area contributed by atoms with Gasteiger partial charge in [-0.2, -0.15) is 0 Å². The van der Waals surface area contributed by atoms with Gasteiger partial charge in [0.2, 0.25) is 0 Å². The minimum atomic E-state index is -0.931. The molecule has 1 aliphatic carbocycles. The van der Waals surface area contributed by atoms with E-state index in [1.807, 2.05) is 11.9 Å². The summed E-state index contributed by atoms with van der Waals surface area (Å²) in [5.74, 6) is 0.571. The zero-order valence-corrected chi connectivity index (χ0v) is 11.7. The molecule has 0 radical (unpaired) electrons. The van der Waals surface area contributed by atoms with E-state index < -0.39 is 5.97 Å². The van der Waals surface area contributed by atoms with Crippen molar-refractivity contribution in [3.63, 3.8) is 0 Å². The molecule has 1 heterocycles. The van der Waals surface area contributed by atoms with Gasteiger partial charge in [-0.05, 0) is 18.3 Å². The summed E-state index contributed by atoms with van der Waals surface area (Å²) in [4.78, 5) is 17.8. The molecule has 2 atom stereocenters. The van der Waals surface area contributed by atoms with Crippen molar-refractivity contribution >= 4 is 22.4 Å². The van der Waals surface area contributed by atoms with E-state index in [-0.39, 0.29) is 11.5 Å².